The molecule has 0 amide bonds. The summed E-state index contributed by atoms with van der Waals surface area (Å²) in [4.78, 5) is 7.92. The highest BCUT2D eigenvalue weighted by Crippen LogP contribution is 2.09. The van der Waals surface area contributed by atoms with E-state index in [0.717, 1.165) is 19.5 Å². The summed E-state index contributed by atoms with van der Waals surface area (Å²) in [5.41, 5.74) is 8.39. The van der Waals surface area contributed by atoms with Gasteiger partial charge in [-0.2, -0.15) is 0 Å². The highest BCUT2D eigenvalue weighted by molar-refractivity contribution is 7.09. The van der Waals surface area contributed by atoms with Crippen LogP contribution in [0.15, 0.2) is 46.8 Å². The molecule has 3 N–H and O–H groups in total. The van der Waals surface area contributed by atoms with E-state index < -0.39 is 0 Å². The van der Waals surface area contributed by atoms with Crippen molar-refractivity contribution in [1.29, 1.82) is 0 Å². The summed E-state index contributed by atoms with van der Waals surface area (Å²) in [6, 6.07) is 12.7. The molecule has 0 unspecified atom stereocenters. The van der Waals surface area contributed by atoms with Crippen LogP contribution < -0.4 is 11.1 Å². The smallest absolute Gasteiger partial charge is 0.188 e. The van der Waals surface area contributed by atoms with Gasteiger partial charge in [0, 0.05) is 18.0 Å². The standard InChI is InChI=1S/C17H24N4S/c1-21(2)13-15-6-3-5-14(11-15)12-20-17(18)19-9-8-16-7-4-10-22-16/h3-7,10-11H,8-9,12-13H2,1-2H3,(H3,18,19,20). The SMILES string of the molecule is CN(C)Cc1cccc(CN=C(N)NCCc2cccs2)c1. The second-order valence-corrected chi connectivity index (χ2v) is 6.55. The number of nitrogens with two attached hydrogens (primary N) is 1. The van der Waals surface area contributed by atoms with Gasteiger partial charge in [0.15, 0.2) is 5.96 Å². The second-order valence-electron chi connectivity index (χ2n) is 5.52. The lowest BCUT2D eigenvalue weighted by Gasteiger charge is -2.10. The summed E-state index contributed by atoms with van der Waals surface area (Å²) in [6.45, 7) is 2.36. The van der Waals surface area contributed by atoms with E-state index in [1.807, 2.05) is 0 Å². The van der Waals surface area contributed by atoms with Crippen LogP contribution in [0, 0.1) is 0 Å². The summed E-state index contributed by atoms with van der Waals surface area (Å²) in [5.74, 6) is 0.509. The van der Waals surface area contributed by atoms with Crippen molar-refractivity contribution < 1.29 is 0 Å². The van der Waals surface area contributed by atoms with Crippen LogP contribution in [0.3, 0.4) is 0 Å². The first-order valence-corrected chi connectivity index (χ1v) is 8.30. The molecule has 0 spiro atoms. The molecule has 0 aliphatic heterocycles. The third kappa shape index (κ3) is 5.87. The highest BCUT2D eigenvalue weighted by atomic mass is 32.1. The molecule has 0 aliphatic carbocycles. The molecule has 0 radical (unpaired) electrons. The molecule has 0 atom stereocenters. The van der Waals surface area contributed by atoms with Crippen molar-refractivity contribution >= 4 is 17.3 Å². The van der Waals surface area contributed by atoms with Crippen LogP contribution in [-0.4, -0.2) is 31.5 Å². The maximum atomic E-state index is 5.91. The molecule has 5 heteroatoms. The highest BCUT2D eigenvalue weighted by Gasteiger charge is 1.99. The molecular formula is C17H24N4S. The van der Waals surface area contributed by atoms with Crippen molar-refractivity contribution in [2.24, 2.45) is 10.7 Å². The molecule has 1 aromatic heterocycles. The number of aliphatic imine (C=N–C) groups is 1. The fourth-order valence-electron chi connectivity index (χ4n) is 2.19. The number of nitrogens with one attached hydrogen (secondary N) is 1. The van der Waals surface area contributed by atoms with Crippen molar-refractivity contribution in [3.8, 4) is 0 Å². The number of benzene rings is 1. The quantitative estimate of drug-likeness (QED) is 0.609. The number of rotatable bonds is 7. The van der Waals surface area contributed by atoms with Gasteiger partial charge in [-0.3, -0.25) is 0 Å². The van der Waals surface area contributed by atoms with Crippen molar-refractivity contribution in [2.45, 2.75) is 19.5 Å². The van der Waals surface area contributed by atoms with Crippen molar-refractivity contribution in [1.82, 2.24) is 10.2 Å². The summed E-state index contributed by atoms with van der Waals surface area (Å²) in [6.07, 6.45) is 0.978. The first-order chi connectivity index (χ1) is 10.6. The largest absolute Gasteiger partial charge is 0.370 e. The van der Waals surface area contributed by atoms with Crippen LogP contribution >= 0.6 is 11.3 Å². The molecule has 118 valence electrons. The lowest BCUT2D eigenvalue weighted by atomic mass is 10.1. The molecule has 0 aliphatic rings. The lowest BCUT2D eigenvalue weighted by molar-refractivity contribution is 0.402. The van der Waals surface area contributed by atoms with Crippen LogP contribution in [0.4, 0.5) is 0 Å². The minimum Gasteiger partial charge on any atom is -0.370 e. The fourth-order valence-corrected chi connectivity index (χ4v) is 2.90. The van der Waals surface area contributed by atoms with E-state index in [1.54, 1.807) is 11.3 Å². The minimum absolute atomic E-state index is 0.509. The Bertz CT molecular complexity index is 590. The van der Waals surface area contributed by atoms with Crippen LogP contribution in [0.25, 0.3) is 0 Å². The Hall–Kier alpha value is -1.85. The molecule has 0 fully saturated rings. The lowest BCUT2D eigenvalue weighted by Crippen LogP contribution is -2.33. The maximum absolute atomic E-state index is 5.91. The summed E-state index contributed by atoms with van der Waals surface area (Å²) in [7, 11) is 4.14. The summed E-state index contributed by atoms with van der Waals surface area (Å²) in [5, 5.41) is 5.25. The molecule has 4 nitrogen and oxygen atoms in total. The normalized spacial score (nSPS) is 11.9. The Kier molecular flexibility index (Phi) is 6.43. The van der Waals surface area contributed by atoms with Gasteiger partial charge in [0.05, 0.1) is 6.54 Å². The van der Waals surface area contributed by atoms with Gasteiger partial charge in [-0.15, -0.1) is 11.3 Å². The van der Waals surface area contributed by atoms with Gasteiger partial charge in [0.25, 0.3) is 0 Å². The molecule has 22 heavy (non-hydrogen) atoms. The zero-order valence-electron chi connectivity index (χ0n) is 13.2. The van der Waals surface area contributed by atoms with E-state index in [-0.39, 0.29) is 0 Å². The van der Waals surface area contributed by atoms with Gasteiger partial charge in [0.1, 0.15) is 0 Å². The Morgan fingerprint density at radius 2 is 2.05 bits per heavy atom. The van der Waals surface area contributed by atoms with Crippen LogP contribution in [0.5, 0.6) is 0 Å². The van der Waals surface area contributed by atoms with Crippen molar-refractivity contribution in [3.63, 3.8) is 0 Å². The average molecular weight is 316 g/mol. The van der Waals surface area contributed by atoms with Gasteiger partial charge >= 0.3 is 0 Å². The zero-order valence-corrected chi connectivity index (χ0v) is 14.1. The van der Waals surface area contributed by atoms with Crippen molar-refractivity contribution in [2.75, 3.05) is 20.6 Å². The topological polar surface area (TPSA) is 53.6 Å². The van der Waals surface area contributed by atoms with Gasteiger partial charge in [0.2, 0.25) is 0 Å². The number of guanidine groups is 1. The van der Waals surface area contributed by atoms with Crippen LogP contribution in [0.2, 0.25) is 0 Å². The van der Waals surface area contributed by atoms with E-state index in [4.69, 9.17) is 5.73 Å². The predicted octanol–water partition coefficient (Wildman–Crippen LogP) is 2.46. The van der Waals surface area contributed by atoms with Gasteiger partial charge in [-0.05, 0) is 43.1 Å². The molecule has 0 saturated heterocycles. The molecule has 1 aromatic carbocycles. The number of nitrogens with zero attached hydrogens (tertiary/aromatic N) is 2. The maximum Gasteiger partial charge on any atom is 0.188 e. The van der Waals surface area contributed by atoms with E-state index in [0.29, 0.717) is 12.5 Å². The number of thiophene rings is 1. The number of hydrogen-bond donors (Lipinski definition) is 2. The Balaban J connectivity index is 1.79. The Morgan fingerprint density at radius 1 is 1.23 bits per heavy atom. The molecular weight excluding hydrogens is 292 g/mol. The zero-order chi connectivity index (χ0) is 15.8. The molecule has 2 aromatic rings. The fraction of sp³-hybridized carbons (Fsp3) is 0.353. The average Bonchev–Trinajstić information content (AvgIpc) is 2.98. The summed E-state index contributed by atoms with van der Waals surface area (Å²) >= 11 is 1.77. The van der Waals surface area contributed by atoms with Crippen LogP contribution in [0.1, 0.15) is 16.0 Å². The second kappa shape index (κ2) is 8.56. The minimum atomic E-state index is 0.509. The van der Waals surface area contributed by atoms with E-state index >= 15 is 0 Å². The molecule has 1 heterocycles. The molecule has 2 rings (SSSR count). The van der Waals surface area contributed by atoms with E-state index in [1.165, 1.54) is 16.0 Å². The van der Waals surface area contributed by atoms with Gasteiger partial charge < -0.3 is 16.0 Å². The van der Waals surface area contributed by atoms with Crippen molar-refractivity contribution in [3.05, 3.63) is 57.8 Å². The van der Waals surface area contributed by atoms with E-state index in [9.17, 15) is 0 Å². The van der Waals surface area contributed by atoms with E-state index in [2.05, 4.69) is 71.1 Å². The third-order valence-electron chi connectivity index (χ3n) is 3.18. The predicted molar refractivity (Wildman–Crippen MR) is 95.2 cm³/mol. The van der Waals surface area contributed by atoms with Gasteiger partial charge in [-0.25, -0.2) is 4.99 Å². The Labute approximate surface area is 136 Å². The molecule has 0 bridgehead atoms. The monoisotopic (exact) mass is 316 g/mol. The summed E-state index contributed by atoms with van der Waals surface area (Å²) < 4.78 is 0. The Morgan fingerprint density at radius 3 is 2.77 bits per heavy atom. The number of hydrogen-bond acceptors (Lipinski definition) is 3. The van der Waals surface area contributed by atoms with Crippen LogP contribution in [-0.2, 0) is 19.5 Å². The first-order valence-electron chi connectivity index (χ1n) is 7.42. The third-order valence-corrected chi connectivity index (χ3v) is 4.12. The molecule has 0 saturated carbocycles. The first kappa shape index (κ1) is 16.5. The van der Waals surface area contributed by atoms with Gasteiger partial charge in [-0.1, -0.05) is 30.3 Å².